The largest absolute Gasteiger partial charge is 0.357 e. The predicted octanol–water partition coefficient (Wildman–Crippen LogP) is 2.06. The van der Waals surface area contributed by atoms with Crippen LogP contribution in [0.15, 0.2) is 18.3 Å². The van der Waals surface area contributed by atoms with E-state index in [1.807, 2.05) is 17.0 Å². The van der Waals surface area contributed by atoms with E-state index in [0.29, 0.717) is 18.7 Å². The highest BCUT2D eigenvalue weighted by molar-refractivity contribution is 5.94. The van der Waals surface area contributed by atoms with Gasteiger partial charge in [0.1, 0.15) is 5.82 Å². The number of hydrogen-bond donors (Lipinski definition) is 1. The number of pyridine rings is 1. The molecule has 1 aromatic heterocycles. The van der Waals surface area contributed by atoms with Gasteiger partial charge in [0.2, 0.25) is 5.91 Å². The highest BCUT2D eigenvalue weighted by Crippen LogP contribution is 2.29. The van der Waals surface area contributed by atoms with Crippen LogP contribution in [0.25, 0.3) is 0 Å². The van der Waals surface area contributed by atoms with Gasteiger partial charge in [-0.1, -0.05) is 0 Å². The highest BCUT2D eigenvalue weighted by Gasteiger charge is 2.32. The van der Waals surface area contributed by atoms with Crippen molar-refractivity contribution in [2.24, 2.45) is 5.92 Å². The molecule has 0 unspecified atom stereocenters. The molecular formula is C19H28N4O2. The molecule has 6 nitrogen and oxygen atoms in total. The van der Waals surface area contributed by atoms with Crippen LogP contribution in [0.4, 0.5) is 5.82 Å². The zero-order valence-electron chi connectivity index (χ0n) is 15.2. The van der Waals surface area contributed by atoms with Gasteiger partial charge in [0, 0.05) is 44.3 Å². The number of piperidine rings is 1. The van der Waals surface area contributed by atoms with E-state index in [1.165, 1.54) is 0 Å². The Balaban J connectivity index is 1.52. The molecule has 0 radical (unpaired) electrons. The number of amides is 2. The van der Waals surface area contributed by atoms with Gasteiger partial charge in [-0.3, -0.25) is 9.59 Å². The van der Waals surface area contributed by atoms with Crippen LogP contribution >= 0.6 is 0 Å². The zero-order valence-corrected chi connectivity index (χ0v) is 15.2. The molecule has 2 aliphatic rings. The maximum Gasteiger partial charge on any atom is 0.255 e. The maximum atomic E-state index is 12.7. The lowest BCUT2D eigenvalue weighted by atomic mass is 10.0. The molecule has 0 atom stereocenters. The lowest BCUT2D eigenvalue weighted by Crippen LogP contribution is -2.46. The molecule has 1 aliphatic heterocycles. The minimum atomic E-state index is 0.0329. The van der Waals surface area contributed by atoms with Crippen molar-refractivity contribution in [2.45, 2.75) is 45.6 Å². The highest BCUT2D eigenvalue weighted by atomic mass is 16.2. The summed E-state index contributed by atoms with van der Waals surface area (Å²) in [6, 6.07) is 3.99. The van der Waals surface area contributed by atoms with Gasteiger partial charge < -0.3 is 15.1 Å². The van der Waals surface area contributed by atoms with Crippen LogP contribution in [0.1, 0.15) is 49.9 Å². The Kier molecular flexibility index (Phi) is 5.56. The number of likely N-dealkylation sites (tertiary alicyclic amines) is 1. The van der Waals surface area contributed by atoms with E-state index >= 15 is 0 Å². The Hall–Kier alpha value is -2.11. The number of anilines is 1. The number of carbonyl (C=O) groups excluding carboxylic acids is 2. The quantitative estimate of drug-likeness (QED) is 0.858. The number of nitrogens with one attached hydrogen (secondary N) is 1. The Morgan fingerprint density at radius 1 is 1.16 bits per heavy atom. The summed E-state index contributed by atoms with van der Waals surface area (Å²) in [7, 11) is 0. The molecule has 1 saturated heterocycles. The second-order valence-electron chi connectivity index (χ2n) is 6.93. The lowest BCUT2D eigenvalue weighted by molar-refractivity contribution is -0.123. The van der Waals surface area contributed by atoms with Gasteiger partial charge in [-0.05, 0) is 51.7 Å². The summed E-state index contributed by atoms with van der Waals surface area (Å²) in [5.74, 6) is 1.38. The number of nitrogens with zero attached hydrogens (tertiary/aromatic N) is 3. The van der Waals surface area contributed by atoms with E-state index in [2.05, 4.69) is 29.0 Å². The van der Waals surface area contributed by atoms with E-state index in [1.54, 1.807) is 6.20 Å². The second kappa shape index (κ2) is 7.85. The van der Waals surface area contributed by atoms with Gasteiger partial charge in [-0.2, -0.15) is 0 Å². The summed E-state index contributed by atoms with van der Waals surface area (Å²) >= 11 is 0. The standard InChI is InChI=1S/C19H28N4O2/c1-3-22(4-2)17-8-7-15(13-20-17)19(25)23-11-9-16(10-12-23)21-18(24)14-5-6-14/h7-8,13-14,16H,3-6,9-12H2,1-2H3,(H,21,24). The molecule has 2 heterocycles. The second-order valence-corrected chi connectivity index (χ2v) is 6.93. The van der Waals surface area contributed by atoms with Gasteiger partial charge >= 0.3 is 0 Å². The van der Waals surface area contributed by atoms with Crippen molar-refractivity contribution in [1.29, 1.82) is 0 Å². The van der Waals surface area contributed by atoms with Crippen LogP contribution in [0.5, 0.6) is 0 Å². The van der Waals surface area contributed by atoms with E-state index in [4.69, 9.17) is 0 Å². The van der Waals surface area contributed by atoms with Gasteiger partial charge in [-0.15, -0.1) is 0 Å². The van der Waals surface area contributed by atoms with Crippen molar-refractivity contribution in [3.05, 3.63) is 23.9 Å². The molecule has 2 fully saturated rings. The Bertz CT molecular complexity index is 600. The molecule has 3 rings (SSSR count). The number of rotatable bonds is 6. The fourth-order valence-corrected chi connectivity index (χ4v) is 3.32. The van der Waals surface area contributed by atoms with E-state index in [9.17, 15) is 9.59 Å². The minimum Gasteiger partial charge on any atom is -0.357 e. The minimum absolute atomic E-state index is 0.0329. The third-order valence-electron chi connectivity index (χ3n) is 5.16. The maximum absolute atomic E-state index is 12.7. The third kappa shape index (κ3) is 4.30. The Labute approximate surface area is 149 Å². The van der Waals surface area contributed by atoms with Gasteiger partial charge in [0.25, 0.3) is 5.91 Å². The Morgan fingerprint density at radius 2 is 1.84 bits per heavy atom. The topological polar surface area (TPSA) is 65.5 Å². The molecule has 1 N–H and O–H groups in total. The first kappa shape index (κ1) is 17.7. The molecule has 25 heavy (non-hydrogen) atoms. The molecule has 136 valence electrons. The molecule has 1 saturated carbocycles. The molecule has 1 aromatic rings. The van der Waals surface area contributed by atoms with Crippen LogP contribution in [0.2, 0.25) is 0 Å². The van der Waals surface area contributed by atoms with Crippen molar-refractivity contribution in [3.63, 3.8) is 0 Å². The van der Waals surface area contributed by atoms with Gasteiger partial charge in [0.15, 0.2) is 0 Å². The van der Waals surface area contributed by atoms with Crippen LogP contribution in [-0.2, 0) is 4.79 Å². The molecule has 0 aromatic carbocycles. The lowest BCUT2D eigenvalue weighted by Gasteiger charge is -2.32. The fraction of sp³-hybridized carbons (Fsp3) is 0.632. The van der Waals surface area contributed by atoms with Crippen LogP contribution in [0.3, 0.4) is 0 Å². The van der Waals surface area contributed by atoms with Crippen molar-refractivity contribution < 1.29 is 9.59 Å². The monoisotopic (exact) mass is 344 g/mol. The molecular weight excluding hydrogens is 316 g/mol. The average Bonchev–Trinajstić information content (AvgIpc) is 3.49. The zero-order chi connectivity index (χ0) is 17.8. The van der Waals surface area contributed by atoms with Crippen molar-refractivity contribution in [2.75, 3.05) is 31.1 Å². The van der Waals surface area contributed by atoms with Crippen LogP contribution < -0.4 is 10.2 Å². The predicted molar refractivity (Wildman–Crippen MR) is 97.6 cm³/mol. The van der Waals surface area contributed by atoms with Crippen LogP contribution in [0, 0.1) is 5.92 Å². The van der Waals surface area contributed by atoms with Crippen molar-refractivity contribution in [1.82, 2.24) is 15.2 Å². The number of aromatic nitrogens is 1. The van der Waals surface area contributed by atoms with E-state index in [0.717, 1.165) is 44.6 Å². The first-order valence-corrected chi connectivity index (χ1v) is 9.43. The smallest absolute Gasteiger partial charge is 0.255 e. The molecule has 0 bridgehead atoms. The first-order chi connectivity index (χ1) is 12.1. The van der Waals surface area contributed by atoms with Gasteiger partial charge in [-0.25, -0.2) is 4.98 Å². The molecule has 1 aliphatic carbocycles. The summed E-state index contributed by atoms with van der Waals surface area (Å²) < 4.78 is 0. The Morgan fingerprint density at radius 3 is 2.36 bits per heavy atom. The third-order valence-corrected chi connectivity index (χ3v) is 5.16. The molecule has 2 amide bonds. The summed E-state index contributed by atoms with van der Waals surface area (Å²) in [6.45, 7) is 7.36. The van der Waals surface area contributed by atoms with E-state index in [-0.39, 0.29) is 23.8 Å². The average molecular weight is 344 g/mol. The van der Waals surface area contributed by atoms with Crippen molar-refractivity contribution >= 4 is 17.6 Å². The fourth-order valence-electron chi connectivity index (χ4n) is 3.32. The normalized spacial score (nSPS) is 18.1. The molecule has 6 heteroatoms. The summed E-state index contributed by atoms with van der Waals surface area (Å²) in [5.41, 5.74) is 0.636. The van der Waals surface area contributed by atoms with Crippen molar-refractivity contribution in [3.8, 4) is 0 Å². The summed E-state index contributed by atoms with van der Waals surface area (Å²) in [6.07, 6.45) is 5.39. The molecule has 0 spiro atoms. The van der Waals surface area contributed by atoms with Gasteiger partial charge in [0.05, 0.1) is 5.56 Å². The number of carbonyl (C=O) groups is 2. The summed E-state index contributed by atoms with van der Waals surface area (Å²) in [4.78, 5) is 33.0. The number of hydrogen-bond acceptors (Lipinski definition) is 4. The van der Waals surface area contributed by atoms with E-state index < -0.39 is 0 Å². The summed E-state index contributed by atoms with van der Waals surface area (Å²) in [5, 5.41) is 3.12. The van der Waals surface area contributed by atoms with Crippen LogP contribution in [-0.4, -0.2) is 53.9 Å². The first-order valence-electron chi connectivity index (χ1n) is 9.43. The SMILES string of the molecule is CCN(CC)c1ccc(C(=O)N2CCC(NC(=O)C3CC3)CC2)cn1.